The van der Waals surface area contributed by atoms with Crippen molar-refractivity contribution in [2.45, 2.75) is 0 Å². The van der Waals surface area contributed by atoms with Crippen molar-refractivity contribution in [3.63, 3.8) is 0 Å². The second-order valence-corrected chi connectivity index (χ2v) is 3.92. The maximum atomic E-state index is 11.8. The maximum absolute atomic E-state index is 11.8. The van der Waals surface area contributed by atoms with Crippen LogP contribution in [0.1, 0.15) is 5.56 Å². The van der Waals surface area contributed by atoms with Gasteiger partial charge in [0.15, 0.2) is 0 Å². The summed E-state index contributed by atoms with van der Waals surface area (Å²) in [6, 6.07) is 6.06. The molecule has 7 nitrogen and oxygen atoms in total. The van der Waals surface area contributed by atoms with E-state index in [4.69, 9.17) is 10.2 Å². The molecule has 0 aromatic heterocycles. The molecule has 0 saturated heterocycles. The van der Waals surface area contributed by atoms with Gasteiger partial charge < -0.3 is 15.1 Å². The van der Waals surface area contributed by atoms with Crippen LogP contribution in [-0.2, 0) is 4.79 Å². The van der Waals surface area contributed by atoms with Gasteiger partial charge in [-0.15, -0.1) is 0 Å². The number of carbonyl (C=O) groups excluding carboxylic acids is 1. The van der Waals surface area contributed by atoms with E-state index in [0.29, 0.717) is 5.56 Å². The molecule has 0 aliphatic rings. The fraction of sp³-hybridized carbons (Fsp3) is 0.308. The first kappa shape index (κ1) is 15.8. The van der Waals surface area contributed by atoms with Crippen LogP contribution in [0.2, 0.25) is 0 Å². The fourth-order valence-electron chi connectivity index (χ4n) is 1.63. The van der Waals surface area contributed by atoms with Crippen LogP contribution >= 0.6 is 0 Å². The normalized spacial score (nSPS) is 10.7. The number of hydrogen-bond donors (Lipinski definition) is 2. The number of nitro groups is 1. The van der Waals surface area contributed by atoms with Crippen LogP contribution in [0.5, 0.6) is 0 Å². The van der Waals surface area contributed by atoms with Gasteiger partial charge >= 0.3 is 0 Å². The zero-order valence-electron chi connectivity index (χ0n) is 10.8. The fourth-order valence-corrected chi connectivity index (χ4v) is 1.63. The number of para-hydroxylation sites is 1. The molecular weight excluding hydrogens is 264 g/mol. The number of amides is 1. The van der Waals surface area contributed by atoms with Crippen molar-refractivity contribution in [2.75, 3.05) is 26.3 Å². The molecule has 0 radical (unpaired) electrons. The molecule has 0 bridgehead atoms. The van der Waals surface area contributed by atoms with Gasteiger partial charge in [-0.3, -0.25) is 14.9 Å². The van der Waals surface area contributed by atoms with Crippen molar-refractivity contribution in [3.05, 3.63) is 46.0 Å². The van der Waals surface area contributed by atoms with Gasteiger partial charge in [-0.05, 0) is 12.1 Å². The Morgan fingerprint density at radius 2 is 1.85 bits per heavy atom. The van der Waals surface area contributed by atoms with Gasteiger partial charge in [0.1, 0.15) is 0 Å². The van der Waals surface area contributed by atoms with Gasteiger partial charge in [-0.2, -0.15) is 0 Å². The van der Waals surface area contributed by atoms with Crippen LogP contribution < -0.4 is 0 Å². The van der Waals surface area contributed by atoms with Gasteiger partial charge in [0.25, 0.3) is 5.69 Å². The van der Waals surface area contributed by atoms with Crippen LogP contribution in [-0.4, -0.2) is 52.2 Å². The lowest BCUT2D eigenvalue weighted by Crippen LogP contribution is -2.34. The van der Waals surface area contributed by atoms with E-state index in [2.05, 4.69) is 0 Å². The van der Waals surface area contributed by atoms with Crippen molar-refractivity contribution in [1.82, 2.24) is 4.90 Å². The van der Waals surface area contributed by atoms with Crippen LogP contribution in [0.4, 0.5) is 5.69 Å². The molecule has 20 heavy (non-hydrogen) atoms. The quantitative estimate of drug-likeness (QED) is 0.428. The molecule has 0 heterocycles. The second kappa shape index (κ2) is 8.03. The van der Waals surface area contributed by atoms with Gasteiger partial charge in [0.2, 0.25) is 5.91 Å². The first-order chi connectivity index (χ1) is 9.60. The summed E-state index contributed by atoms with van der Waals surface area (Å²) in [5.41, 5.74) is 0.228. The van der Waals surface area contributed by atoms with E-state index in [1.165, 1.54) is 29.2 Å². The largest absolute Gasteiger partial charge is 0.395 e. The van der Waals surface area contributed by atoms with Crippen molar-refractivity contribution in [1.29, 1.82) is 0 Å². The number of aliphatic hydroxyl groups is 2. The lowest BCUT2D eigenvalue weighted by molar-refractivity contribution is -0.385. The third kappa shape index (κ3) is 4.45. The van der Waals surface area contributed by atoms with E-state index in [1.807, 2.05) is 0 Å². The highest BCUT2D eigenvalue weighted by Crippen LogP contribution is 2.18. The van der Waals surface area contributed by atoms with E-state index in [-0.39, 0.29) is 32.0 Å². The molecule has 1 rings (SSSR count). The van der Waals surface area contributed by atoms with Crippen molar-refractivity contribution in [2.24, 2.45) is 0 Å². The lowest BCUT2D eigenvalue weighted by Gasteiger charge is -2.18. The summed E-state index contributed by atoms with van der Waals surface area (Å²) < 4.78 is 0. The van der Waals surface area contributed by atoms with E-state index >= 15 is 0 Å². The lowest BCUT2D eigenvalue weighted by atomic mass is 10.1. The highest BCUT2D eigenvalue weighted by molar-refractivity contribution is 5.92. The predicted octanol–water partition coefficient (Wildman–Crippen LogP) is 0.421. The Morgan fingerprint density at radius 3 is 2.40 bits per heavy atom. The molecule has 2 N–H and O–H groups in total. The molecular formula is C13H16N2O5. The minimum absolute atomic E-state index is 0.0904. The average Bonchev–Trinajstić information content (AvgIpc) is 2.44. The SMILES string of the molecule is O=C(C=Cc1ccccc1[N+](=O)[O-])N(CCO)CCO. The highest BCUT2D eigenvalue weighted by atomic mass is 16.6. The Kier molecular flexibility index (Phi) is 6.34. The zero-order valence-corrected chi connectivity index (χ0v) is 10.8. The van der Waals surface area contributed by atoms with Crippen molar-refractivity contribution < 1.29 is 19.9 Å². The highest BCUT2D eigenvalue weighted by Gasteiger charge is 2.12. The Hall–Kier alpha value is -2.25. The van der Waals surface area contributed by atoms with E-state index in [1.54, 1.807) is 12.1 Å². The van der Waals surface area contributed by atoms with Crippen LogP contribution in [0.15, 0.2) is 30.3 Å². The number of carbonyl (C=O) groups is 1. The Labute approximate surface area is 115 Å². The van der Waals surface area contributed by atoms with Crippen LogP contribution in [0, 0.1) is 10.1 Å². The summed E-state index contributed by atoms with van der Waals surface area (Å²) in [5, 5.41) is 28.5. The van der Waals surface area contributed by atoms with Gasteiger partial charge in [0, 0.05) is 25.2 Å². The monoisotopic (exact) mass is 280 g/mol. The molecule has 0 spiro atoms. The van der Waals surface area contributed by atoms with Crippen molar-refractivity contribution in [3.8, 4) is 0 Å². The third-order valence-electron chi connectivity index (χ3n) is 2.59. The molecule has 108 valence electrons. The molecule has 0 fully saturated rings. The zero-order chi connectivity index (χ0) is 15.0. The molecule has 0 atom stereocenters. The summed E-state index contributed by atoms with van der Waals surface area (Å²) >= 11 is 0. The first-order valence-electron chi connectivity index (χ1n) is 6.02. The summed E-state index contributed by atoms with van der Waals surface area (Å²) in [5.74, 6) is -0.425. The Balaban J connectivity index is 2.86. The molecule has 0 unspecified atom stereocenters. The Bertz CT molecular complexity index is 495. The number of benzene rings is 1. The van der Waals surface area contributed by atoms with E-state index in [9.17, 15) is 14.9 Å². The van der Waals surface area contributed by atoms with Crippen LogP contribution in [0.25, 0.3) is 6.08 Å². The van der Waals surface area contributed by atoms with Crippen molar-refractivity contribution >= 4 is 17.7 Å². The van der Waals surface area contributed by atoms with Gasteiger partial charge in [-0.25, -0.2) is 0 Å². The molecule has 0 aliphatic heterocycles. The summed E-state index contributed by atoms with van der Waals surface area (Å²) in [7, 11) is 0. The average molecular weight is 280 g/mol. The Morgan fingerprint density at radius 1 is 1.25 bits per heavy atom. The van der Waals surface area contributed by atoms with Gasteiger partial charge in [-0.1, -0.05) is 12.1 Å². The molecule has 1 amide bonds. The first-order valence-corrected chi connectivity index (χ1v) is 6.02. The molecule has 0 saturated carbocycles. The number of aliphatic hydroxyl groups excluding tert-OH is 2. The number of hydrogen-bond acceptors (Lipinski definition) is 5. The number of nitrogens with zero attached hydrogens (tertiary/aromatic N) is 2. The number of nitro benzene ring substituents is 1. The smallest absolute Gasteiger partial charge is 0.276 e. The minimum Gasteiger partial charge on any atom is -0.395 e. The minimum atomic E-state index is -0.524. The van der Waals surface area contributed by atoms with Crippen LogP contribution in [0.3, 0.4) is 0 Å². The standard InChI is InChI=1S/C13H16N2O5/c16-9-7-14(8-10-17)13(18)6-5-11-3-1-2-4-12(11)15(19)20/h1-6,16-17H,7-10H2. The summed E-state index contributed by atoms with van der Waals surface area (Å²) in [6.45, 7) is -0.239. The molecule has 1 aromatic carbocycles. The molecule has 0 aliphatic carbocycles. The summed E-state index contributed by atoms with van der Waals surface area (Å²) in [4.78, 5) is 23.4. The number of rotatable bonds is 7. The topological polar surface area (TPSA) is 104 Å². The second-order valence-electron chi connectivity index (χ2n) is 3.92. The summed E-state index contributed by atoms with van der Waals surface area (Å²) in [6.07, 6.45) is 2.54. The predicted molar refractivity (Wildman–Crippen MR) is 72.9 cm³/mol. The molecule has 1 aromatic rings. The molecule has 7 heteroatoms. The maximum Gasteiger partial charge on any atom is 0.276 e. The van der Waals surface area contributed by atoms with E-state index < -0.39 is 10.8 Å². The van der Waals surface area contributed by atoms with E-state index in [0.717, 1.165) is 0 Å². The van der Waals surface area contributed by atoms with Gasteiger partial charge in [0.05, 0.1) is 23.7 Å². The third-order valence-corrected chi connectivity index (χ3v) is 2.59.